The minimum absolute atomic E-state index is 0.0995. The third kappa shape index (κ3) is 4.62. The number of nitrogens with zero attached hydrogens (tertiary/aromatic N) is 2. The largest absolute Gasteiger partial charge is 0.454 e. The number of fused-ring (bicyclic) bond motifs is 1. The number of nitrogens with one attached hydrogen (secondary N) is 2. The molecule has 0 aliphatic carbocycles. The van der Waals surface area contributed by atoms with E-state index in [1.807, 2.05) is 0 Å². The molecule has 2 amide bonds. The van der Waals surface area contributed by atoms with Crippen LogP contribution >= 0.6 is 15.9 Å². The Bertz CT molecular complexity index is 978. The van der Waals surface area contributed by atoms with Crippen LogP contribution in [-0.2, 0) is 4.79 Å². The number of carbonyl (C=O) groups excluding carboxylic acids is 2. The van der Waals surface area contributed by atoms with Crippen LogP contribution in [0.4, 0.5) is 5.69 Å². The molecular weight excluding hydrogens is 436 g/mol. The smallest absolute Gasteiger partial charge is 0.284 e. The molecule has 0 atom stereocenters. The van der Waals surface area contributed by atoms with Crippen LogP contribution < -0.4 is 20.2 Å². The summed E-state index contributed by atoms with van der Waals surface area (Å²) in [6, 6.07) is 9.09. The maximum Gasteiger partial charge on any atom is 0.284 e. The molecule has 0 radical (unpaired) electrons. The van der Waals surface area contributed by atoms with Crippen molar-refractivity contribution in [2.75, 3.05) is 13.3 Å². The van der Waals surface area contributed by atoms with E-state index in [9.17, 15) is 19.7 Å². The third-order valence-corrected chi connectivity index (χ3v) is 4.28. The van der Waals surface area contributed by atoms with E-state index in [1.165, 1.54) is 24.4 Å². The van der Waals surface area contributed by atoms with Crippen LogP contribution in [0.1, 0.15) is 15.9 Å². The predicted octanol–water partition coefficient (Wildman–Crippen LogP) is 1.97. The molecule has 1 heterocycles. The molecule has 1 aliphatic rings. The first-order valence-electron chi connectivity index (χ1n) is 7.88. The van der Waals surface area contributed by atoms with Gasteiger partial charge in [0, 0.05) is 17.2 Å². The van der Waals surface area contributed by atoms with E-state index in [2.05, 4.69) is 31.8 Å². The topological polar surface area (TPSA) is 132 Å². The summed E-state index contributed by atoms with van der Waals surface area (Å²) in [5.74, 6) is 0.0000187. The van der Waals surface area contributed by atoms with Crippen LogP contribution in [-0.4, -0.2) is 36.3 Å². The molecule has 0 spiro atoms. The van der Waals surface area contributed by atoms with Crippen molar-refractivity contribution in [3.05, 3.63) is 62.1 Å². The summed E-state index contributed by atoms with van der Waals surface area (Å²) in [7, 11) is 0. The number of rotatable bonds is 6. The number of ether oxygens (including phenoxy) is 2. The molecule has 0 unspecified atom stereocenters. The van der Waals surface area contributed by atoms with E-state index in [-0.39, 0.29) is 19.0 Å². The number of halogens is 1. The van der Waals surface area contributed by atoms with Gasteiger partial charge < -0.3 is 14.8 Å². The minimum atomic E-state index is -0.558. The van der Waals surface area contributed by atoms with Crippen LogP contribution in [0.25, 0.3) is 0 Å². The van der Waals surface area contributed by atoms with E-state index in [0.717, 1.165) is 0 Å². The van der Waals surface area contributed by atoms with Gasteiger partial charge in [-0.15, -0.1) is 0 Å². The summed E-state index contributed by atoms with van der Waals surface area (Å²) in [5.41, 5.74) is 2.87. The van der Waals surface area contributed by atoms with Crippen molar-refractivity contribution in [1.82, 2.24) is 10.7 Å². The van der Waals surface area contributed by atoms with Gasteiger partial charge in [-0.05, 0) is 40.2 Å². The summed E-state index contributed by atoms with van der Waals surface area (Å²) in [6.45, 7) is -0.201. The van der Waals surface area contributed by atoms with Crippen molar-refractivity contribution < 1.29 is 24.0 Å². The van der Waals surface area contributed by atoms with Crippen molar-refractivity contribution in [2.45, 2.75) is 0 Å². The Morgan fingerprint density at radius 2 is 2.00 bits per heavy atom. The summed E-state index contributed by atoms with van der Waals surface area (Å²) in [6.07, 6.45) is 1.26. The highest BCUT2D eigenvalue weighted by Crippen LogP contribution is 2.32. The van der Waals surface area contributed by atoms with Crippen molar-refractivity contribution in [3.8, 4) is 11.5 Å². The van der Waals surface area contributed by atoms with E-state index >= 15 is 0 Å². The molecule has 1 aliphatic heterocycles. The molecule has 2 N–H and O–H groups in total. The zero-order valence-electron chi connectivity index (χ0n) is 14.2. The Hall–Kier alpha value is -3.47. The molecule has 0 saturated carbocycles. The van der Waals surface area contributed by atoms with E-state index in [0.29, 0.717) is 27.1 Å². The highest BCUT2D eigenvalue weighted by molar-refractivity contribution is 9.10. The number of benzene rings is 2. The number of nitro groups is 1. The van der Waals surface area contributed by atoms with Crippen LogP contribution in [0, 0.1) is 10.1 Å². The fourth-order valence-electron chi connectivity index (χ4n) is 2.27. The molecule has 0 fully saturated rings. The molecule has 10 nitrogen and oxygen atoms in total. The lowest BCUT2D eigenvalue weighted by molar-refractivity contribution is -0.385. The van der Waals surface area contributed by atoms with Crippen molar-refractivity contribution in [2.24, 2.45) is 5.10 Å². The Labute approximate surface area is 166 Å². The molecule has 3 rings (SSSR count). The molecule has 11 heteroatoms. The van der Waals surface area contributed by atoms with E-state index in [1.54, 1.807) is 18.2 Å². The summed E-state index contributed by atoms with van der Waals surface area (Å²) < 4.78 is 10.7. The van der Waals surface area contributed by atoms with Crippen molar-refractivity contribution in [3.63, 3.8) is 0 Å². The van der Waals surface area contributed by atoms with Crippen LogP contribution in [0.2, 0.25) is 0 Å². The first-order valence-corrected chi connectivity index (χ1v) is 8.67. The lowest BCUT2D eigenvalue weighted by Crippen LogP contribution is -2.34. The van der Waals surface area contributed by atoms with E-state index < -0.39 is 16.7 Å². The molecule has 0 saturated heterocycles. The molecular formula is C17H13BrN4O6. The molecule has 0 bridgehead atoms. The van der Waals surface area contributed by atoms with Gasteiger partial charge in [0.15, 0.2) is 11.5 Å². The quantitative estimate of drug-likeness (QED) is 0.394. The second-order valence-corrected chi connectivity index (χ2v) is 6.37. The molecule has 28 heavy (non-hydrogen) atoms. The van der Waals surface area contributed by atoms with Gasteiger partial charge in [-0.2, -0.15) is 5.10 Å². The summed E-state index contributed by atoms with van der Waals surface area (Å²) >= 11 is 3.08. The average Bonchev–Trinajstić information content (AvgIpc) is 3.15. The third-order valence-electron chi connectivity index (χ3n) is 3.61. The normalized spacial score (nSPS) is 12.0. The SMILES string of the molecule is O=C(CNC(=O)c1ccc2c(c1)OCO2)N/N=C/c1ccc(Br)c([N+](=O)[O-])c1. The van der Waals surface area contributed by atoms with E-state index in [4.69, 9.17) is 9.47 Å². The molecule has 2 aromatic rings. The second kappa shape index (κ2) is 8.48. The van der Waals surface area contributed by atoms with Crippen LogP contribution in [0.3, 0.4) is 0 Å². The maximum absolute atomic E-state index is 12.1. The van der Waals surface area contributed by atoms with Gasteiger partial charge in [0.1, 0.15) is 0 Å². The fourth-order valence-corrected chi connectivity index (χ4v) is 2.66. The molecule has 144 valence electrons. The first kappa shape index (κ1) is 19.3. The Morgan fingerprint density at radius 1 is 1.21 bits per heavy atom. The zero-order valence-corrected chi connectivity index (χ0v) is 15.8. The average molecular weight is 449 g/mol. The lowest BCUT2D eigenvalue weighted by atomic mass is 10.2. The monoisotopic (exact) mass is 448 g/mol. The Morgan fingerprint density at radius 3 is 2.79 bits per heavy atom. The number of hydrogen-bond donors (Lipinski definition) is 2. The fraction of sp³-hybridized carbons (Fsp3) is 0.118. The molecule has 0 aromatic heterocycles. The highest BCUT2D eigenvalue weighted by atomic mass is 79.9. The van der Waals surface area contributed by atoms with Crippen LogP contribution in [0.15, 0.2) is 46.0 Å². The summed E-state index contributed by atoms with van der Waals surface area (Å²) in [4.78, 5) is 34.2. The number of hydrazone groups is 1. The summed E-state index contributed by atoms with van der Waals surface area (Å²) in [5, 5.41) is 17.1. The van der Waals surface area contributed by atoms with Crippen molar-refractivity contribution in [1.29, 1.82) is 0 Å². The van der Waals surface area contributed by atoms with Gasteiger partial charge in [0.25, 0.3) is 17.5 Å². The van der Waals surface area contributed by atoms with Gasteiger partial charge in [-0.25, -0.2) is 5.43 Å². The standard InChI is InChI=1S/C17H13BrN4O6/c18-12-3-1-10(5-13(12)22(25)26)7-20-21-16(23)8-19-17(24)11-2-4-14-15(6-11)28-9-27-14/h1-7H,8-9H2,(H,19,24)(H,21,23)/b20-7+. The van der Waals surface area contributed by atoms with Gasteiger partial charge in [0.05, 0.1) is 22.2 Å². The van der Waals surface area contributed by atoms with Gasteiger partial charge in [-0.3, -0.25) is 19.7 Å². The number of carbonyl (C=O) groups is 2. The predicted molar refractivity (Wildman–Crippen MR) is 101 cm³/mol. The van der Waals surface area contributed by atoms with Crippen molar-refractivity contribution >= 4 is 39.6 Å². The second-order valence-electron chi connectivity index (χ2n) is 5.51. The highest BCUT2D eigenvalue weighted by Gasteiger charge is 2.16. The minimum Gasteiger partial charge on any atom is -0.454 e. The zero-order chi connectivity index (χ0) is 20.1. The van der Waals surface area contributed by atoms with Gasteiger partial charge in [0.2, 0.25) is 6.79 Å². The number of amides is 2. The Balaban J connectivity index is 1.50. The van der Waals surface area contributed by atoms with Gasteiger partial charge in [-0.1, -0.05) is 6.07 Å². The molecule has 2 aromatic carbocycles. The maximum atomic E-state index is 12.1. The van der Waals surface area contributed by atoms with Gasteiger partial charge >= 0.3 is 0 Å². The first-order chi connectivity index (χ1) is 13.4. The number of nitro benzene ring substituents is 1. The van der Waals surface area contributed by atoms with Crippen LogP contribution in [0.5, 0.6) is 11.5 Å². The lowest BCUT2D eigenvalue weighted by Gasteiger charge is -2.05. The Kier molecular flexibility index (Phi) is 5.84. The number of hydrogen-bond acceptors (Lipinski definition) is 7.